The minimum Gasteiger partial charge on any atom is -0.497 e. The SMILES string of the molecule is COc1ccc(NC[C@H](C)NC(=O)[C@H](CC(C)C)N[C@@H](c2ccc(OC)nc2)C(F)(F)F)c(OC)c1. The highest BCUT2D eigenvalue weighted by Crippen LogP contribution is 2.34. The first kappa shape index (κ1) is 29.0. The molecule has 0 bridgehead atoms. The molecule has 1 amide bonds. The Morgan fingerprint density at radius 3 is 2.28 bits per heavy atom. The van der Waals surface area contributed by atoms with Crippen LogP contribution in [0.1, 0.15) is 38.8 Å². The number of nitrogens with zero attached hydrogens (tertiary/aromatic N) is 1. The van der Waals surface area contributed by atoms with Crippen molar-refractivity contribution in [2.24, 2.45) is 5.92 Å². The van der Waals surface area contributed by atoms with Gasteiger partial charge < -0.3 is 24.8 Å². The van der Waals surface area contributed by atoms with Gasteiger partial charge in [-0.15, -0.1) is 0 Å². The third kappa shape index (κ3) is 8.47. The number of methoxy groups -OCH3 is 3. The lowest BCUT2D eigenvalue weighted by molar-refractivity contribution is -0.161. The summed E-state index contributed by atoms with van der Waals surface area (Å²) in [5.41, 5.74) is 0.589. The van der Waals surface area contributed by atoms with Crippen LogP contribution in [-0.4, -0.2) is 57.0 Å². The zero-order chi connectivity index (χ0) is 26.9. The maximum absolute atomic E-state index is 14.0. The Kier molecular flexibility index (Phi) is 10.6. The summed E-state index contributed by atoms with van der Waals surface area (Å²) in [7, 11) is 4.46. The summed E-state index contributed by atoms with van der Waals surface area (Å²) in [4.78, 5) is 16.9. The Morgan fingerprint density at radius 2 is 1.75 bits per heavy atom. The molecule has 1 heterocycles. The second kappa shape index (κ2) is 13.2. The van der Waals surface area contributed by atoms with E-state index in [2.05, 4.69) is 20.9 Å². The Morgan fingerprint density at radius 1 is 1.03 bits per heavy atom. The summed E-state index contributed by atoms with van der Waals surface area (Å²) in [5.74, 6) is 0.857. The molecule has 0 aliphatic heterocycles. The average molecular weight is 513 g/mol. The smallest absolute Gasteiger partial charge is 0.407 e. The molecule has 0 spiro atoms. The van der Waals surface area contributed by atoms with E-state index in [4.69, 9.17) is 14.2 Å². The molecular weight excluding hydrogens is 477 g/mol. The van der Waals surface area contributed by atoms with Gasteiger partial charge in [-0.05, 0) is 37.0 Å². The van der Waals surface area contributed by atoms with Crippen molar-refractivity contribution in [3.05, 3.63) is 42.1 Å². The molecular formula is C25H35F3N4O4. The van der Waals surface area contributed by atoms with Crippen molar-refractivity contribution in [1.82, 2.24) is 15.6 Å². The van der Waals surface area contributed by atoms with E-state index < -0.39 is 24.2 Å². The highest BCUT2D eigenvalue weighted by atomic mass is 19.4. The highest BCUT2D eigenvalue weighted by Gasteiger charge is 2.43. The minimum atomic E-state index is -4.64. The predicted octanol–water partition coefficient (Wildman–Crippen LogP) is 4.33. The van der Waals surface area contributed by atoms with Crippen LogP contribution < -0.4 is 30.2 Å². The molecule has 1 aromatic heterocycles. The van der Waals surface area contributed by atoms with Gasteiger partial charge in [0.2, 0.25) is 11.8 Å². The van der Waals surface area contributed by atoms with E-state index in [1.807, 2.05) is 13.8 Å². The normalized spacial score (nSPS) is 14.1. The van der Waals surface area contributed by atoms with Crippen molar-refractivity contribution in [2.75, 3.05) is 33.2 Å². The van der Waals surface area contributed by atoms with Crippen molar-refractivity contribution < 1.29 is 32.2 Å². The summed E-state index contributed by atoms with van der Waals surface area (Å²) in [6, 6.07) is 4.39. The fourth-order valence-corrected chi connectivity index (χ4v) is 3.59. The number of hydrogen-bond donors (Lipinski definition) is 3. The van der Waals surface area contributed by atoms with E-state index in [9.17, 15) is 18.0 Å². The molecule has 3 atom stereocenters. The fraction of sp³-hybridized carbons (Fsp3) is 0.520. The molecule has 1 aromatic carbocycles. The van der Waals surface area contributed by atoms with Crippen molar-refractivity contribution in [3.8, 4) is 17.4 Å². The number of ether oxygens (including phenoxy) is 3. The van der Waals surface area contributed by atoms with Crippen molar-refractivity contribution in [1.29, 1.82) is 0 Å². The highest BCUT2D eigenvalue weighted by molar-refractivity contribution is 5.82. The summed E-state index contributed by atoms with van der Waals surface area (Å²) in [6.45, 7) is 5.79. The Balaban J connectivity index is 2.11. The number of hydrogen-bond acceptors (Lipinski definition) is 7. The molecule has 8 nitrogen and oxygen atoms in total. The van der Waals surface area contributed by atoms with Gasteiger partial charge in [-0.3, -0.25) is 10.1 Å². The van der Waals surface area contributed by atoms with Gasteiger partial charge in [-0.2, -0.15) is 13.2 Å². The summed E-state index contributed by atoms with van der Waals surface area (Å²) >= 11 is 0. The van der Waals surface area contributed by atoms with E-state index in [0.717, 1.165) is 6.20 Å². The molecule has 0 aliphatic rings. The molecule has 2 rings (SSSR count). The Labute approximate surface area is 209 Å². The summed E-state index contributed by atoms with van der Waals surface area (Å²) in [6.07, 6.45) is -3.32. The largest absolute Gasteiger partial charge is 0.497 e. The van der Waals surface area contributed by atoms with Crippen LogP contribution in [0.15, 0.2) is 36.5 Å². The lowest BCUT2D eigenvalue weighted by Crippen LogP contribution is -2.52. The third-order valence-electron chi connectivity index (χ3n) is 5.42. The van der Waals surface area contributed by atoms with Crippen molar-refractivity contribution >= 4 is 11.6 Å². The van der Waals surface area contributed by atoms with E-state index in [0.29, 0.717) is 23.7 Å². The summed E-state index contributed by atoms with van der Waals surface area (Å²) < 4.78 is 57.4. The number of rotatable bonds is 13. The lowest BCUT2D eigenvalue weighted by Gasteiger charge is -2.29. The molecule has 0 aliphatic carbocycles. The zero-order valence-corrected chi connectivity index (χ0v) is 21.4. The van der Waals surface area contributed by atoms with Gasteiger partial charge in [0.25, 0.3) is 0 Å². The second-order valence-electron chi connectivity index (χ2n) is 8.81. The van der Waals surface area contributed by atoms with Crippen molar-refractivity contribution in [2.45, 2.75) is 51.5 Å². The number of carbonyl (C=O) groups is 1. The fourth-order valence-electron chi connectivity index (χ4n) is 3.59. The van der Waals surface area contributed by atoms with E-state index >= 15 is 0 Å². The molecule has 2 aromatic rings. The molecule has 0 saturated heterocycles. The standard InChI is InChI=1S/C25H35F3N4O4/c1-15(2)11-20(32-23(25(26,27)28)17-7-10-22(36-6)30-14-17)24(33)31-16(3)13-29-19-9-8-18(34-4)12-21(19)35-5/h7-10,12,14-16,20,23,29,32H,11,13H2,1-6H3,(H,31,33)/t16-,20-,23-/m0/s1. The number of aromatic nitrogens is 1. The first-order valence-electron chi connectivity index (χ1n) is 11.6. The zero-order valence-electron chi connectivity index (χ0n) is 21.4. The molecule has 0 fully saturated rings. The first-order chi connectivity index (χ1) is 17.0. The van der Waals surface area contributed by atoms with Crippen LogP contribution in [0, 0.1) is 5.92 Å². The minimum absolute atomic E-state index is 0.0203. The average Bonchev–Trinajstić information content (AvgIpc) is 2.84. The van der Waals surface area contributed by atoms with Crippen LogP contribution in [0.5, 0.6) is 17.4 Å². The van der Waals surface area contributed by atoms with E-state index in [1.165, 1.54) is 26.4 Å². The topological polar surface area (TPSA) is 93.7 Å². The lowest BCUT2D eigenvalue weighted by atomic mass is 10.00. The molecule has 200 valence electrons. The number of pyridine rings is 1. The molecule has 11 heteroatoms. The number of halogens is 3. The van der Waals surface area contributed by atoms with Crippen molar-refractivity contribution in [3.63, 3.8) is 0 Å². The van der Waals surface area contributed by atoms with E-state index in [1.54, 1.807) is 32.2 Å². The van der Waals surface area contributed by atoms with Crippen LogP contribution >= 0.6 is 0 Å². The number of anilines is 1. The third-order valence-corrected chi connectivity index (χ3v) is 5.42. The Hall–Kier alpha value is -3.21. The maximum Gasteiger partial charge on any atom is 0.407 e. The van der Waals surface area contributed by atoms with Crippen LogP contribution in [0.3, 0.4) is 0 Å². The maximum atomic E-state index is 14.0. The van der Waals surface area contributed by atoms with E-state index in [-0.39, 0.29) is 29.8 Å². The predicted molar refractivity (Wildman–Crippen MR) is 132 cm³/mol. The quantitative estimate of drug-likeness (QED) is 0.368. The van der Waals surface area contributed by atoms with Gasteiger partial charge in [-0.25, -0.2) is 4.98 Å². The van der Waals surface area contributed by atoms with Crippen LogP contribution in [0.4, 0.5) is 18.9 Å². The molecule has 0 unspecified atom stereocenters. The van der Waals surface area contributed by atoms with Gasteiger partial charge in [0, 0.05) is 30.9 Å². The first-order valence-corrected chi connectivity index (χ1v) is 11.6. The Bertz CT molecular complexity index is 971. The van der Waals surface area contributed by atoms with Crippen LogP contribution in [0.25, 0.3) is 0 Å². The van der Waals surface area contributed by atoms with Crippen LogP contribution in [0.2, 0.25) is 0 Å². The number of nitrogens with one attached hydrogen (secondary N) is 3. The molecule has 0 saturated carbocycles. The molecule has 3 N–H and O–H groups in total. The van der Waals surface area contributed by atoms with Gasteiger partial charge in [-0.1, -0.05) is 19.9 Å². The molecule has 36 heavy (non-hydrogen) atoms. The second-order valence-corrected chi connectivity index (χ2v) is 8.81. The van der Waals surface area contributed by atoms with Crippen LogP contribution in [-0.2, 0) is 4.79 Å². The molecule has 0 radical (unpaired) electrons. The number of amides is 1. The number of carbonyl (C=O) groups excluding carboxylic acids is 1. The monoisotopic (exact) mass is 512 g/mol. The van der Waals surface area contributed by atoms with Gasteiger partial charge in [0.1, 0.15) is 17.5 Å². The summed E-state index contributed by atoms with van der Waals surface area (Å²) in [5, 5.41) is 8.51. The van der Waals surface area contributed by atoms with Gasteiger partial charge in [0.15, 0.2) is 0 Å². The van der Waals surface area contributed by atoms with Gasteiger partial charge in [0.05, 0.1) is 33.1 Å². The number of alkyl halides is 3. The van der Waals surface area contributed by atoms with Gasteiger partial charge >= 0.3 is 6.18 Å². The number of benzene rings is 1.